The van der Waals surface area contributed by atoms with Crippen LogP contribution in [0.4, 0.5) is 0 Å². The topological polar surface area (TPSA) is 33.1 Å². The molecule has 70 valence electrons. The molecule has 2 rings (SSSR count). The summed E-state index contributed by atoms with van der Waals surface area (Å²) in [5, 5.41) is 10.0. The maximum absolute atomic E-state index is 10.0. The molecule has 0 saturated carbocycles. The molecule has 0 saturated heterocycles. The van der Waals surface area contributed by atoms with E-state index in [1.54, 1.807) is 6.20 Å². The first-order valence-electron chi connectivity index (χ1n) is 4.73. The highest BCUT2D eigenvalue weighted by Gasteiger charge is 2.35. The predicted octanol–water partition coefficient (Wildman–Crippen LogP) is 2.09. The lowest BCUT2D eigenvalue weighted by Crippen LogP contribution is -2.28. The van der Waals surface area contributed by atoms with E-state index in [1.807, 2.05) is 6.07 Å². The second-order valence-electron chi connectivity index (χ2n) is 4.44. The highest BCUT2D eigenvalue weighted by atomic mass is 16.3. The Morgan fingerprint density at radius 1 is 1.54 bits per heavy atom. The molecule has 0 bridgehead atoms. The minimum absolute atomic E-state index is 0.0264. The molecule has 1 aromatic heterocycles. The van der Waals surface area contributed by atoms with Gasteiger partial charge in [0.15, 0.2) is 0 Å². The van der Waals surface area contributed by atoms with Gasteiger partial charge in [0.2, 0.25) is 0 Å². The van der Waals surface area contributed by atoms with Crippen LogP contribution in [-0.2, 0) is 6.42 Å². The Kier molecular flexibility index (Phi) is 1.88. The van der Waals surface area contributed by atoms with Crippen LogP contribution in [0.3, 0.4) is 0 Å². The van der Waals surface area contributed by atoms with Gasteiger partial charge in [-0.25, -0.2) is 0 Å². The Labute approximate surface area is 78.6 Å². The largest absolute Gasteiger partial charge is 0.386 e. The zero-order chi connectivity index (χ0) is 9.47. The average molecular weight is 177 g/mol. The molecule has 1 atom stereocenters. The van der Waals surface area contributed by atoms with Gasteiger partial charge in [-0.05, 0) is 29.9 Å². The molecule has 1 aliphatic carbocycles. The molecule has 13 heavy (non-hydrogen) atoms. The Hall–Kier alpha value is -0.890. The molecule has 0 fully saturated rings. The van der Waals surface area contributed by atoms with Gasteiger partial charge in [0.05, 0.1) is 5.69 Å². The van der Waals surface area contributed by atoms with E-state index >= 15 is 0 Å². The molecular weight excluding hydrogens is 162 g/mol. The van der Waals surface area contributed by atoms with Gasteiger partial charge in [0, 0.05) is 6.20 Å². The minimum atomic E-state index is -0.405. The summed E-state index contributed by atoms with van der Waals surface area (Å²) in [5.74, 6) is 0. The second kappa shape index (κ2) is 2.81. The molecule has 1 heterocycles. The van der Waals surface area contributed by atoms with Gasteiger partial charge < -0.3 is 5.11 Å². The maximum Gasteiger partial charge on any atom is 0.101 e. The summed E-state index contributed by atoms with van der Waals surface area (Å²) < 4.78 is 0. The Balaban J connectivity index is 2.45. The van der Waals surface area contributed by atoms with Crippen molar-refractivity contribution >= 4 is 0 Å². The lowest BCUT2D eigenvalue weighted by Gasteiger charge is -2.35. The number of nitrogens with zero attached hydrogens (tertiary/aromatic N) is 1. The number of rotatable bonds is 0. The Morgan fingerprint density at radius 3 is 3.08 bits per heavy atom. The van der Waals surface area contributed by atoms with Gasteiger partial charge in [-0.1, -0.05) is 19.9 Å². The van der Waals surface area contributed by atoms with Crippen LogP contribution in [0.5, 0.6) is 0 Å². The van der Waals surface area contributed by atoms with Crippen LogP contribution < -0.4 is 0 Å². The summed E-state index contributed by atoms with van der Waals surface area (Å²) in [5.41, 5.74) is 2.05. The summed E-state index contributed by atoms with van der Waals surface area (Å²) in [6.45, 7) is 4.19. The van der Waals surface area contributed by atoms with Gasteiger partial charge in [-0.15, -0.1) is 0 Å². The quantitative estimate of drug-likeness (QED) is 0.658. The molecule has 0 aliphatic heterocycles. The van der Waals surface area contributed by atoms with E-state index in [1.165, 1.54) is 5.56 Å². The van der Waals surface area contributed by atoms with Crippen molar-refractivity contribution < 1.29 is 5.11 Å². The fourth-order valence-electron chi connectivity index (χ4n) is 1.87. The Bertz CT molecular complexity index is 320. The van der Waals surface area contributed by atoms with Crippen LogP contribution in [0.2, 0.25) is 0 Å². The molecular formula is C11H15NO. The summed E-state index contributed by atoms with van der Waals surface area (Å²) in [6, 6.07) is 3.99. The monoisotopic (exact) mass is 177 g/mol. The first-order valence-corrected chi connectivity index (χ1v) is 4.73. The number of hydrogen-bond acceptors (Lipinski definition) is 2. The molecule has 1 aromatic rings. The maximum atomic E-state index is 10.0. The fraction of sp³-hybridized carbons (Fsp3) is 0.545. The third kappa shape index (κ3) is 1.35. The van der Waals surface area contributed by atoms with Crippen LogP contribution >= 0.6 is 0 Å². The number of pyridine rings is 1. The fourth-order valence-corrected chi connectivity index (χ4v) is 1.87. The molecule has 2 heteroatoms. The standard InChI is InChI=1S/C11H15NO/c1-11(2)6-5-8-4-3-7-12-9(8)10(11)13/h3-4,7,10,13H,5-6H2,1-2H3. The van der Waals surface area contributed by atoms with Gasteiger partial charge in [0.1, 0.15) is 6.10 Å². The van der Waals surface area contributed by atoms with Crippen molar-refractivity contribution in [1.29, 1.82) is 0 Å². The number of aromatic nitrogens is 1. The lowest BCUT2D eigenvalue weighted by atomic mass is 9.74. The van der Waals surface area contributed by atoms with Crippen molar-refractivity contribution in [2.45, 2.75) is 32.8 Å². The second-order valence-corrected chi connectivity index (χ2v) is 4.44. The number of aryl methyl sites for hydroxylation is 1. The zero-order valence-corrected chi connectivity index (χ0v) is 8.12. The molecule has 0 radical (unpaired) electrons. The molecule has 0 amide bonds. The van der Waals surface area contributed by atoms with Crippen molar-refractivity contribution in [3.8, 4) is 0 Å². The van der Waals surface area contributed by atoms with E-state index in [0.717, 1.165) is 18.5 Å². The third-order valence-electron chi connectivity index (χ3n) is 2.96. The van der Waals surface area contributed by atoms with E-state index in [-0.39, 0.29) is 5.41 Å². The smallest absolute Gasteiger partial charge is 0.101 e. The van der Waals surface area contributed by atoms with Crippen LogP contribution in [0.1, 0.15) is 37.6 Å². The number of hydrogen-bond donors (Lipinski definition) is 1. The minimum Gasteiger partial charge on any atom is -0.386 e. The third-order valence-corrected chi connectivity index (χ3v) is 2.96. The number of aliphatic hydroxyl groups excluding tert-OH is 1. The predicted molar refractivity (Wildman–Crippen MR) is 51.3 cm³/mol. The van der Waals surface area contributed by atoms with Crippen LogP contribution in [0, 0.1) is 5.41 Å². The summed E-state index contributed by atoms with van der Waals surface area (Å²) in [6.07, 6.45) is 3.42. The first kappa shape index (κ1) is 8.70. The van der Waals surface area contributed by atoms with E-state index in [4.69, 9.17) is 0 Å². The summed E-state index contributed by atoms with van der Waals surface area (Å²) >= 11 is 0. The van der Waals surface area contributed by atoms with Crippen molar-refractivity contribution in [3.63, 3.8) is 0 Å². The molecule has 0 aromatic carbocycles. The first-order chi connectivity index (χ1) is 6.11. The zero-order valence-electron chi connectivity index (χ0n) is 8.12. The molecule has 1 unspecified atom stereocenters. The highest BCUT2D eigenvalue weighted by molar-refractivity contribution is 5.26. The number of fused-ring (bicyclic) bond motifs is 1. The lowest BCUT2D eigenvalue weighted by molar-refractivity contribution is 0.0301. The highest BCUT2D eigenvalue weighted by Crippen LogP contribution is 2.41. The summed E-state index contributed by atoms with van der Waals surface area (Å²) in [4.78, 5) is 4.25. The molecule has 2 nitrogen and oxygen atoms in total. The Morgan fingerprint density at radius 2 is 2.31 bits per heavy atom. The normalized spacial score (nSPS) is 25.3. The van der Waals surface area contributed by atoms with Crippen LogP contribution in [0.25, 0.3) is 0 Å². The number of aliphatic hydroxyl groups is 1. The molecule has 0 spiro atoms. The van der Waals surface area contributed by atoms with Crippen molar-refractivity contribution in [2.75, 3.05) is 0 Å². The van der Waals surface area contributed by atoms with E-state index < -0.39 is 6.10 Å². The van der Waals surface area contributed by atoms with E-state index in [2.05, 4.69) is 24.9 Å². The van der Waals surface area contributed by atoms with Gasteiger partial charge in [-0.3, -0.25) is 4.98 Å². The molecule has 1 N–H and O–H groups in total. The van der Waals surface area contributed by atoms with Gasteiger partial charge in [0.25, 0.3) is 0 Å². The van der Waals surface area contributed by atoms with Crippen LogP contribution in [0.15, 0.2) is 18.3 Å². The van der Waals surface area contributed by atoms with E-state index in [0.29, 0.717) is 0 Å². The van der Waals surface area contributed by atoms with E-state index in [9.17, 15) is 5.11 Å². The average Bonchev–Trinajstić information content (AvgIpc) is 2.13. The summed E-state index contributed by atoms with van der Waals surface area (Å²) in [7, 11) is 0. The van der Waals surface area contributed by atoms with Crippen molar-refractivity contribution in [3.05, 3.63) is 29.6 Å². The van der Waals surface area contributed by atoms with Gasteiger partial charge in [-0.2, -0.15) is 0 Å². The SMILES string of the molecule is CC1(C)CCc2cccnc2C1O. The van der Waals surface area contributed by atoms with Crippen LogP contribution in [-0.4, -0.2) is 10.1 Å². The van der Waals surface area contributed by atoms with Gasteiger partial charge >= 0.3 is 0 Å². The molecule has 1 aliphatic rings. The van der Waals surface area contributed by atoms with Crippen molar-refractivity contribution in [2.24, 2.45) is 5.41 Å². The van der Waals surface area contributed by atoms with Crippen molar-refractivity contribution in [1.82, 2.24) is 4.98 Å².